The zero-order chi connectivity index (χ0) is 14.4. The maximum atomic E-state index is 5.72. The van der Waals surface area contributed by atoms with E-state index < -0.39 is 0 Å². The first-order valence-electron chi connectivity index (χ1n) is 7.77. The SMILES string of the molecule is C=CCOc1ccccc1CN[C@@H]1CCC[C@@H](C)[C@H]1C. The van der Waals surface area contributed by atoms with E-state index in [1.54, 1.807) is 6.08 Å². The van der Waals surface area contributed by atoms with E-state index in [1.807, 2.05) is 12.1 Å². The van der Waals surface area contributed by atoms with Crippen LogP contribution in [0.1, 0.15) is 38.7 Å². The Bertz CT molecular complexity index is 429. The lowest BCUT2D eigenvalue weighted by Gasteiger charge is -2.35. The Morgan fingerprint density at radius 3 is 2.90 bits per heavy atom. The van der Waals surface area contributed by atoms with Crippen molar-refractivity contribution in [2.24, 2.45) is 11.8 Å². The van der Waals surface area contributed by atoms with Gasteiger partial charge in [-0.25, -0.2) is 0 Å². The molecule has 1 aliphatic carbocycles. The van der Waals surface area contributed by atoms with E-state index in [1.165, 1.54) is 24.8 Å². The van der Waals surface area contributed by atoms with E-state index in [0.717, 1.165) is 24.1 Å². The molecule has 1 aromatic rings. The highest BCUT2D eigenvalue weighted by atomic mass is 16.5. The molecule has 0 aromatic heterocycles. The second-order valence-corrected chi connectivity index (χ2v) is 5.96. The van der Waals surface area contributed by atoms with Gasteiger partial charge in [-0.05, 0) is 24.3 Å². The molecule has 20 heavy (non-hydrogen) atoms. The van der Waals surface area contributed by atoms with Gasteiger partial charge < -0.3 is 10.1 Å². The van der Waals surface area contributed by atoms with Crippen molar-refractivity contribution in [1.82, 2.24) is 5.32 Å². The standard InChI is InChI=1S/C18H27NO/c1-4-12-20-18-11-6-5-9-16(18)13-19-17-10-7-8-14(2)15(17)3/h4-6,9,11,14-15,17,19H,1,7-8,10,12-13H2,2-3H3/t14-,15-,17-/m1/s1. The summed E-state index contributed by atoms with van der Waals surface area (Å²) >= 11 is 0. The van der Waals surface area contributed by atoms with Crippen molar-refractivity contribution in [2.45, 2.75) is 45.7 Å². The van der Waals surface area contributed by atoms with Crippen molar-refractivity contribution >= 4 is 0 Å². The fourth-order valence-electron chi connectivity index (χ4n) is 3.05. The fourth-order valence-corrected chi connectivity index (χ4v) is 3.05. The van der Waals surface area contributed by atoms with Crippen LogP contribution in [0.2, 0.25) is 0 Å². The van der Waals surface area contributed by atoms with Crippen molar-refractivity contribution in [3.63, 3.8) is 0 Å². The average molecular weight is 273 g/mol. The Morgan fingerprint density at radius 2 is 2.10 bits per heavy atom. The molecule has 110 valence electrons. The van der Waals surface area contributed by atoms with Crippen molar-refractivity contribution in [3.05, 3.63) is 42.5 Å². The fraction of sp³-hybridized carbons (Fsp3) is 0.556. The second-order valence-electron chi connectivity index (χ2n) is 5.96. The quantitative estimate of drug-likeness (QED) is 0.786. The highest BCUT2D eigenvalue weighted by Crippen LogP contribution is 2.30. The zero-order valence-electron chi connectivity index (χ0n) is 12.8. The van der Waals surface area contributed by atoms with Crippen LogP contribution in [-0.4, -0.2) is 12.6 Å². The smallest absolute Gasteiger partial charge is 0.124 e. The maximum absolute atomic E-state index is 5.72. The van der Waals surface area contributed by atoms with Crippen LogP contribution in [0.4, 0.5) is 0 Å². The molecule has 2 nitrogen and oxygen atoms in total. The lowest BCUT2D eigenvalue weighted by Crippen LogP contribution is -2.40. The van der Waals surface area contributed by atoms with Crippen LogP contribution >= 0.6 is 0 Å². The van der Waals surface area contributed by atoms with Crippen molar-refractivity contribution in [3.8, 4) is 5.75 Å². The summed E-state index contributed by atoms with van der Waals surface area (Å²) in [6, 6.07) is 8.90. The van der Waals surface area contributed by atoms with E-state index in [-0.39, 0.29) is 0 Å². The molecule has 0 spiro atoms. The Balaban J connectivity index is 1.94. The highest BCUT2D eigenvalue weighted by molar-refractivity contribution is 5.33. The summed E-state index contributed by atoms with van der Waals surface area (Å²) in [4.78, 5) is 0. The molecule has 0 saturated heterocycles. The first-order chi connectivity index (χ1) is 9.72. The first kappa shape index (κ1) is 15.1. The normalized spacial score (nSPS) is 26.2. The van der Waals surface area contributed by atoms with E-state index in [0.29, 0.717) is 12.6 Å². The van der Waals surface area contributed by atoms with Gasteiger partial charge in [0.2, 0.25) is 0 Å². The van der Waals surface area contributed by atoms with Gasteiger partial charge in [-0.1, -0.05) is 57.5 Å². The summed E-state index contributed by atoms with van der Waals surface area (Å²) in [7, 11) is 0. The molecule has 1 fully saturated rings. The van der Waals surface area contributed by atoms with Gasteiger partial charge in [0.15, 0.2) is 0 Å². The Kier molecular flexibility index (Phi) is 5.66. The molecule has 0 heterocycles. The van der Waals surface area contributed by atoms with Gasteiger partial charge in [-0.15, -0.1) is 0 Å². The topological polar surface area (TPSA) is 21.3 Å². The van der Waals surface area contributed by atoms with E-state index >= 15 is 0 Å². The molecular weight excluding hydrogens is 246 g/mol. The van der Waals surface area contributed by atoms with Crippen LogP contribution in [0, 0.1) is 11.8 Å². The molecule has 2 rings (SSSR count). The Labute approximate surface area is 123 Å². The second kappa shape index (κ2) is 7.49. The molecule has 0 bridgehead atoms. The molecule has 0 amide bonds. The van der Waals surface area contributed by atoms with Crippen LogP contribution in [0.3, 0.4) is 0 Å². The summed E-state index contributed by atoms with van der Waals surface area (Å²) in [6.45, 7) is 9.90. The maximum Gasteiger partial charge on any atom is 0.124 e. The minimum atomic E-state index is 0.563. The molecule has 2 heteroatoms. The van der Waals surface area contributed by atoms with Crippen LogP contribution < -0.4 is 10.1 Å². The third kappa shape index (κ3) is 3.86. The van der Waals surface area contributed by atoms with E-state index in [2.05, 4.69) is 37.9 Å². The van der Waals surface area contributed by atoms with E-state index in [9.17, 15) is 0 Å². The molecule has 0 radical (unpaired) electrons. The summed E-state index contributed by atoms with van der Waals surface area (Å²) in [5.41, 5.74) is 1.24. The molecule has 3 atom stereocenters. The number of benzene rings is 1. The summed E-state index contributed by atoms with van der Waals surface area (Å²) in [5, 5.41) is 3.73. The predicted molar refractivity (Wildman–Crippen MR) is 84.9 cm³/mol. The summed E-state index contributed by atoms with van der Waals surface area (Å²) in [5.74, 6) is 2.55. The minimum Gasteiger partial charge on any atom is -0.489 e. The minimum absolute atomic E-state index is 0.563. The lowest BCUT2D eigenvalue weighted by atomic mass is 9.78. The predicted octanol–water partition coefficient (Wildman–Crippen LogP) is 4.17. The van der Waals surface area contributed by atoms with Gasteiger partial charge >= 0.3 is 0 Å². The van der Waals surface area contributed by atoms with Gasteiger partial charge in [-0.2, -0.15) is 0 Å². The van der Waals surface area contributed by atoms with Crippen LogP contribution in [0.15, 0.2) is 36.9 Å². The molecular formula is C18H27NO. The third-order valence-electron chi connectivity index (χ3n) is 4.59. The van der Waals surface area contributed by atoms with Gasteiger partial charge in [0.25, 0.3) is 0 Å². The van der Waals surface area contributed by atoms with Crippen molar-refractivity contribution in [1.29, 1.82) is 0 Å². The van der Waals surface area contributed by atoms with Crippen LogP contribution in [0.25, 0.3) is 0 Å². The number of para-hydroxylation sites is 1. The zero-order valence-corrected chi connectivity index (χ0v) is 12.8. The van der Waals surface area contributed by atoms with Gasteiger partial charge in [-0.3, -0.25) is 0 Å². The summed E-state index contributed by atoms with van der Waals surface area (Å²) < 4.78 is 5.72. The Hall–Kier alpha value is -1.28. The Morgan fingerprint density at radius 1 is 1.30 bits per heavy atom. The molecule has 1 saturated carbocycles. The van der Waals surface area contributed by atoms with Crippen LogP contribution in [-0.2, 0) is 6.54 Å². The molecule has 0 unspecified atom stereocenters. The molecule has 1 aromatic carbocycles. The van der Waals surface area contributed by atoms with Gasteiger partial charge in [0, 0.05) is 18.2 Å². The molecule has 0 aliphatic heterocycles. The summed E-state index contributed by atoms with van der Waals surface area (Å²) in [6.07, 6.45) is 5.80. The average Bonchev–Trinajstić information content (AvgIpc) is 2.47. The molecule has 1 aliphatic rings. The van der Waals surface area contributed by atoms with Crippen LogP contribution in [0.5, 0.6) is 5.75 Å². The number of hydrogen-bond acceptors (Lipinski definition) is 2. The van der Waals surface area contributed by atoms with E-state index in [4.69, 9.17) is 4.74 Å². The molecule has 1 N–H and O–H groups in total. The monoisotopic (exact) mass is 273 g/mol. The van der Waals surface area contributed by atoms with Crippen molar-refractivity contribution in [2.75, 3.05) is 6.61 Å². The van der Waals surface area contributed by atoms with Gasteiger partial charge in [0.05, 0.1) is 0 Å². The number of nitrogens with one attached hydrogen (secondary N) is 1. The highest BCUT2D eigenvalue weighted by Gasteiger charge is 2.26. The number of hydrogen-bond donors (Lipinski definition) is 1. The number of rotatable bonds is 6. The number of ether oxygens (including phenoxy) is 1. The lowest BCUT2D eigenvalue weighted by molar-refractivity contribution is 0.205. The third-order valence-corrected chi connectivity index (χ3v) is 4.59. The van der Waals surface area contributed by atoms with Crippen molar-refractivity contribution < 1.29 is 4.74 Å². The first-order valence-corrected chi connectivity index (χ1v) is 7.77. The van der Waals surface area contributed by atoms with Gasteiger partial charge in [0.1, 0.15) is 12.4 Å². The largest absolute Gasteiger partial charge is 0.489 e.